The first kappa shape index (κ1) is 19.1. The third kappa shape index (κ3) is 2.92. The molecule has 1 aliphatic heterocycles. The lowest BCUT2D eigenvalue weighted by molar-refractivity contribution is 0.618. The number of benzene rings is 3. The molecule has 0 fully saturated rings. The van der Waals surface area contributed by atoms with Crippen LogP contribution in [0.3, 0.4) is 0 Å². The van der Waals surface area contributed by atoms with Gasteiger partial charge in [0.1, 0.15) is 0 Å². The van der Waals surface area contributed by atoms with Crippen LogP contribution in [0.15, 0.2) is 107 Å². The maximum Gasteiger partial charge on any atom is 0.158 e. The van der Waals surface area contributed by atoms with E-state index in [9.17, 15) is 0 Å². The minimum Gasteiger partial charge on any atom is -0.462 e. The van der Waals surface area contributed by atoms with Gasteiger partial charge in [0.2, 0.25) is 0 Å². The average molecular weight is 440 g/mol. The molecule has 7 rings (SSSR count). The number of allylic oxidation sites excluding steroid dienone is 1. The van der Waals surface area contributed by atoms with Crippen LogP contribution in [0.2, 0.25) is 0 Å². The Kier molecular flexibility index (Phi) is 4.24. The zero-order valence-corrected chi connectivity index (χ0v) is 18.5. The number of hydrogen-bond acceptors (Lipinski definition) is 3. The van der Waals surface area contributed by atoms with Crippen molar-refractivity contribution < 1.29 is 4.42 Å². The summed E-state index contributed by atoms with van der Waals surface area (Å²) in [4.78, 5) is 8.81. The second kappa shape index (κ2) is 7.56. The van der Waals surface area contributed by atoms with Crippen molar-refractivity contribution in [3.63, 3.8) is 0 Å². The van der Waals surface area contributed by atoms with E-state index < -0.39 is 0 Å². The summed E-state index contributed by atoms with van der Waals surface area (Å²) in [5.41, 5.74) is 8.91. The van der Waals surface area contributed by atoms with Gasteiger partial charge in [-0.25, -0.2) is 0 Å². The summed E-state index contributed by atoms with van der Waals surface area (Å²) < 4.78 is 8.36. The number of rotatable bonds is 3. The SMILES string of the molecule is C1=NC=C(c2cc(-c3cccnc3)cc(-n3c4ccccc4c4ccc5ccoc5c43)c2)CC1. The predicted octanol–water partition coefficient (Wildman–Crippen LogP) is 7.80. The van der Waals surface area contributed by atoms with E-state index in [1.165, 1.54) is 21.9 Å². The van der Waals surface area contributed by atoms with E-state index in [1.807, 2.05) is 36.9 Å². The highest BCUT2D eigenvalue weighted by atomic mass is 16.3. The van der Waals surface area contributed by atoms with Gasteiger partial charge in [0.15, 0.2) is 5.58 Å². The highest BCUT2D eigenvalue weighted by Gasteiger charge is 2.18. The van der Waals surface area contributed by atoms with Gasteiger partial charge in [-0.1, -0.05) is 36.4 Å². The summed E-state index contributed by atoms with van der Waals surface area (Å²) in [6, 6.07) is 25.8. The number of aromatic nitrogens is 2. The minimum absolute atomic E-state index is 0.906. The second-order valence-electron chi connectivity index (χ2n) is 8.69. The summed E-state index contributed by atoms with van der Waals surface area (Å²) in [6.45, 7) is 0. The van der Waals surface area contributed by atoms with Gasteiger partial charge in [0, 0.05) is 52.2 Å². The Balaban J connectivity index is 1.60. The Labute approximate surface area is 196 Å². The number of fused-ring (bicyclic) bond motifs is 5. The lowest BCUT2D eigenvalue weighted by Gasteiger charge is -2.16. The number of furan rings is 1. The monoisotopic (exact) mass is 439 g/mol. The number of nitrogens with zero attached hydrogens (tertiary/aromatic N) is 3. The topological polar surface area (TPSA) is 43.3 Å². The quantitative estimate of drug-likeness (QED) is 0.282. The molecule has 1 aliphatic rings. The maximum absolute atomic E-state index is 6.02. The third-order valence-electron chi connectivity index (χ3n) is 6.67. The van der Waals surface area contributed by atoms with Crippen molar-refractivity contribution in [3.05, 3.63) is 103 Å². The van der Waals surface area contributed by atoms with E-state index in [1.54, 1.807) is 6.26 Å². The molecule has 0 saturated heterocycles. The molecule has 3 aromatic carbocycles. The van der Waals surface area contributed by atoms with Crippen LogP contribution in [0, 0.1) is 0 Å². The van der Waals surface area contributed by atoms with Crippen molar-refractivity contribution in [2.75, 3.05) is 0 Å². The van der Waals surface area contributed by atoms with Crippen LogP contribution < -0.4 is 0 Å². The van der Waals surface area contributed by atoms with Crippen molar-refractivity contribution in [1.82, 2.24) is 9.55 Å². The largest absolute Gasteiger partial charge is 0.462 e. The maximum atomic E-state index is 6.02. The molecule has 0 unspecified atom stereocenters. The first-order valence-corrected chi connectivity index (χ1v) is 11.5. The normalized spacial score (nSPS) is 13.7. The summed E-state index contributed by atoms with van der Waals surface area (Å²) in [6.07, 6.45) is 11.4. The molecule has 4 heterocycles. The molecule has 0 saturated carbocycles. The summed E-state index contributed by atoms with van der Waals surface area (Å²) in [5, 5.41) is 3.50. The number of para-hydroxylation sites is 1. The van der Waals surface area contributed by atoms with Gasteiger partial charge in [-0.15, -0.1) is 0 Å². The van der Waals surface area contributed by atoms with Crippen LogP contribution in [0.4, 0.5) is 0 Å². The van der Waals surface area contributed by atoms with Gasteiger partial charge >= 0.3 is 0 Å². The second-order valence-corrected chi connectivity index (χ2v) is 8.69. The Bertz CT molecular complexity index is 1750. The van der Waals surface area contributed by atoms with Crippen LogP contribution in [-0.4, -0.2) is 15.8 Å². The van der Waals surface area contributed by atoms with Crippen LogP contribution in [0.1, 0.15) is 18.4 Å². The van der Waals surface area contributed by atoms with Gasteiger partial charge in [0.25, 0.3) is 0 Å². The zero-order valence-electron chi connectivity index (χ0n) is 18.5. The van der Waals surface area contributed by atoms with E-state index in [0.29, 0.717) is 0 Å². The highest BCUT2D eigenvalue weighted by Crippen LogP contribution is 2.39. The molecule has 4 heteroatoms. The molecule has 0 radical (unpaired) electrons. The van der Waals surface area contributed by atoms with Crippen molar-refractivity contribution in [3.8, 4) is 16.8 Å². The molecular formula is C30H21N3O. The van der Waals surface area contributed by atoms with E-state index >= 15 is 0 Å². The molecule has 0 N–H and O–H groups in total. The smallest absolute Gasteiger partial charge is 0.158 e. The van der Waals surface area contributed by atoms with E-state index in [0.717, 1.165) is 51.7 Å². The van der Waals surface area contributed by atoms with Crippen molar-refractivity contribution in [2.45, 2.75) is 12.8 Å². The molecule has 4 nitrogen and oxygen atoms in total. The summed E-state index contributed by atoms with van der Waals surface area (Å²) in [7, 11) is 0. The molecule has 0 aliphatic carbocycles. The van der Waals surface area contributed by atoms with Crippen LogP contribution in [0.5, 0.6) is 0 Å². The fraction of sp³-hybridized carbons (Fsp3) is 0.0667. The molecule has 162 valence electrons. The van der Waals surface area contributed by atoms with Crippen molar-refractivity contribution >= 4 is 44.6 Å². The lowest BCUT2D eigenvalue weighted by Crippen LogP contribution is -1.98. The lowest BCUT2D eigenvalue weighted by atomic mass is 9.96. The average Bonchev–Trinajstić information content (AvgIpc) is 3.52. The van der Waals surface area contributed by atoms with Gasteiger partial charge in [-0.3, -0.25) is 9.98 Å². The molecular weight excluding hydrogens is 418 g/mol. The van der Waals surface area contributed by atoms with Crippen LogP contribution in [-0.2, 0) is 0 Å². The molecule has 0 bridgehead atoms. The fourth-order valence-corrected chi connectivity index (χ4v) is 5.09. The van der Waals surface area contributed by atoms with Gasteiger partial charge in [0.05, 0.1) is 17.3 Å². The summed E-state index contributed by atoms with van der Waals surface area (Å²) >= 11 is 0. The van der Waals surface area contributed by atoms with E-state index in [-0.39, 0.29) is 0 Å². The Hall–Kier alpha value is -4.44. The van der Waals surface area contributed by atoms with Gasteiger partial charge in [-0.05, 0) is 65.9 Å². The third-order valence-corrected chi connectivity index (χ3v) is 6.67. The van der Waals surface area contributed by atoms with Crippen LogP contribution >= 0.6 is 0 Å². The zero-order chi connectivity index (χ0) is 22.5. The number of hydrogen-bond donors (Lipinski definition) is 0. The Morgan fingerprint density at radius 1 is 0.824 bits per heavy atom. The first-order valence-electron chi connectivity index (χ1n) is 11.5. The number of pyridine rings is 1. The predicted molar refractivity (Wildman–Crippen MR) is 139 cm³/mol. The molecule has 6 aromatic rings. The van der Waals surface area contributed by atoms with E-state index in [4.69, 9.17) is 4.42 Å². The summed E-state index contributed by atoms with van der Waals surface area (Å²) in [5.74, 6) is 0. The first-order chi connectivity index (χ1) is 16.9. The number of aliphatic imine (C=N–C) groups is 1. The highest BCUT2D eigenvalue weighted by molar-refractivity contribution is 6.17. The molecule has 34 heavy (non-hydrogen) atoms. The standard InChI is InChI=1S/C30H21N3O/c1-2-8-28-26(7-1)27-10-9-20-11-14-34-30(20)29(27)33(28)25-16-23(21-5-3-12-31-18-21)15-24(17-25)22-6-4-13-32-19-22/h1-3,5,7-19H,4,6H2. The minimum atomic E-state index is 0.906. The molecule has 0 amide bonds. The molecule has 0 spiro atoms. The Morgan fingerprint density at radius 3 is 2.65 bits per heavy atom. The van der Waals surface area contributed by atoms with Gasteiger partial charge in [-0.2, -0.15) is 0 Å². The Morgan fingerprint density at radius 2 is 1.76 bits per heavy atom. The fourth-order valence-electron chi connectivity index (χ4n) is 5.09. The van der Waals surface area contributed by atoms with E-state index in [2.05, 4.69) is 75.2 Å². The molecule has 0 atom stereocenters. The van der Waals surface area contributed by atoms with Crippen molar-refractivity contribution in [2.24, 2.45) is 4.99 Å². The van der Waals surface area contributed by atoms with Crippen LogP contribution in [0.25, 0.3) is 55.2 Å². The van der Waals surface area contributed by atoms with Gasteiger partial charge < -0.3 is 8.98 Å². The molecule has 3 aromatic heterocycles. The van der Waals surface area contributed by atoms with Crippen molar-refractivity contribution in [1.29, 1.82) is 0 Å².